The van der Waals surface area contributed by atoms with Gasteiger partial charge in [-0.3, -0.25) is 9.59 Å². The molecule has 7 nitrogen and oxygen atoms in total. The zero-order valence-electron chi connectivity index (χ0n) is 23.5. The lowest BCUT2D eigenvalue weighted by Crippen LogP contribution is -2.33. The molecule has 0 saturated carbocycles. The second-order valence-electron chi connectivity index (χ2n) is 9.69. The fourth-order valence-corrected chi connectivity index (χ4v) is 4.80. The van der Waals surface area contributed by atoms with Gasteiger partial charge in [-0.2, -0.15) is 0 Å². The minimum atomic E-state index is -0.721. The van der Waals surface area contributed by atoms with Crippen molar-refractivity contribution in [3.05, 3.63) is 130 Å². The van der Waals surface area contributed by atoms with Gasteiger partial charge in [-0.15, -0.1) is 0 Å². The molecule has 4 aromatic carbocycles. The Bertz CT molecular complexity index is 1510. The zero-order valence-corrected chi connectivity index (χ0v) is 24.3. The van der Waals surface area contributed by atoms with Crippen molar-refractivity contribution in [3.8, 4) is 5.75 Å². The zero-order chi connectivity index (χ0) is 29.9. The van der Waals surface area contributed by atoms with Gasteiger partial charge in [-0.05, 0) is 48.4 Å². The van der Waals surface area contributed by atoms with Gasteiger partial charge in [0.1, 0.15) is 18.4 Å². The van der Waals surface area contributed by atoms with E-state index in [0.717, 1.165) is 11.1 Å². The summed E-state index contributed by atoms with van der Waals surface area (Å²) in [6, 6.07) is 30.0. The van der Waals surface area contributed by atoms with Crippen molar-refractivity contribution < 1.29 is 23.9 Å². The molecule has 4 aromatic rings. The maximum atomic E-state index is 13.1. The van der Waals surface area contributed by atoms with Gasteiger partial charge in [-0.25, -0.2) is 4.79 Å². The minimum Gasteiger partial charge on any atom is -0.492 e. The van der Waals surface area contributed by atoms with Gasteiger partial charge < -0.3 is 20.1 Å². The van der Waals surface area contributed by atoms with E-state index in [9.17, 15) is 14.4 Å². The summed E-state index contributed by atoms with van der Waals surface area (Å²) >= 11 is 6.21. The smallest absolute Gasteiger partial charge is 0.328 e. The minimum absolute atomic E-state index is 0.129. The second kappa shape index (κ2) is 14.8. The summed E-state index contributed by atoms with van der Waals surface area (Å²) in [5, 5.41) is 6.65. The van der Waals surface area contributed by atoms with E-state index in [1.807, 2.05) is 73.7 Å². The van der Waals surface area contributed by atoms with Crippen molar-refractivity contribution in [2.45, 2.75) is 25.3 Å². The third-order valence-corrected chi connectivity index (χ3v) is 7.17. The van der Waals surface area contributed by atoms with Crippen LogP contribution in [0.4, 0.5) is 5.69 Å². The van der Waals surface area contributed by atoms with E-state index in [1.165, 1.54) is 7.11 Å². The van der Waals surface area contributed by atoms with Crippen LogP contribution in [-0.2, 0) is 20.7 Å². The monoisotopic (exact) mass is 584 g/mol. The standard InChI is InChI=1S/C34H33ClN2O5/c1-23(27-12-6-8-14-29(27)35)33(39)36-20-21-42-26-18-16-24(17-19-26)22-31(34(40)41-2)37-30-15-9-7-13-28(30)32(38)25-10-4-3-5-11-25/h3-19,23,31,37H,20-22H2,1-2H3,(H,36,39). The molecule has 2 N–H and O–H groups in total. The lowest BCUT2D eigenvalue weighted by atomic mass is 10.00. The summed E-state index contributed by atoms with van der Waals surface area (Å²) in [5.74, 6) is -0.459. The van der Waals surface area contributed by atoms with Crippen LogP contribution in [0.15, 0.2) is 103 Å². The number of carbonyl (C=O) groups excluding carboxylic acids is 3. The van der Waals surface area contributed by atoms with Crippen LogP contribution in [0.3, 0.4) is 0 Å². The molecule has 216 valence electrons. The molecule has 0 heterocycles. The molecule has 4 rings (SSSR count). The third kappa shape index (κ3) is 7.98. The van der Waals surface area contributed by atoms with Gasteiger partial charge >= 0.3 is 5.97 Å². The molecule has 0 saturated heterocycles. The molecule has 0 fully saturated rings. The van der Waals surface area contributed by atoms with Gasteiger partial charge in [0.2, 0.25) is 5.91 Å². The molecule has 0 bridgehead atoms. The molecule has 2 atom stereocenters. The second-order valence-corrected chi connectivity index (χ2v) is 10.1. The number of anilines is 1. The molecule has 0 radical (unpaired) electrons. The molecule has 0 aromatic heterocycles. The van der Waals surface area contributed by atoms with Crippen LogP contribution in [0.25, 0.3) is 0 Å². The van der Waals surface area contributed by atoms with Crippen molar-refractivity contribution in [1.29, 1.82) is 0 Å². The van der Waals surface area contributed by atoms with E-state index in [0.29, 0.717) is 47.2 Å². The van der Waals surface area contributed by atoms with E-state index >= 15 is 0 Å². The van der Waals surface area contributed by atoms with E-state index in [4.69, 9.17) is 21.1 Å². The number of benzene rings is 4. The highest BCUT2D eigenvalue weighted by Gasteiger charge is 2.23. The van der Waals surface area contributed by atoms with E-state index in [-0.39, 0.29) is 17.6 Å². The van der Waals surface area contributed by atoms with Crippen LogP contribution in [0.2, 0.25) is 5.02 Å². The lowest BCUT2D eigenvalue weighted by Gasteiger charge is -2.20. The highest BCUT2D eigenvalue weighted by Crippen LogP contribution is 2.24. The van der Waals surface area contributed by atoms with Crippen molar-refractivity contribution in [2.24, 2.45) is 0 Å². The number of methoxy groups -OCH3 is 1. The number of ether oxygens (including phenoxy) is 2. The fraction of sp³-hybridized carbons (Fsp3) is 0.206. The van der Waals surface area contributed by atoms with E-state index in [2.05, 4.69) is 10.6 Å². The van der Waals surface area contributed by atoms with Crippen LogP contribution in [-0.4, -0.2) is 44.0 Å². The molecule has 0 spiro atoms. The summed E-state index contributed by atoms with van der Waals surface area (Å²) in [4.78, 5) is 38.3. The van der Waals surface area contributed by atoms with Crippen molar-refractivity contribution in [2.75, 3.05) is 25.6 Å². The quantitative estimate of drug-likeness (QED) is 0.113. The number of rotatable bonds is 13. The van der Waals surface area contributed by atoms with Gasteiger partial charge in [-0.1, -0.05) is 84.4 Å². The number of nitrogens with one attached hydrogen (secondary N) is 2. The number of carbonyl (C=O) groups is 3. The fourth-order valence-electron chi connectivity index (χ4n) is 4.50. The predicted octanol–water partition coefficient (Wildman–Crippen LogP) is 6.07. The molecular weight excluding hydrogens is 552 g/mol. The van der Waals surface area contributed by atoms with Gasteiger partial charge in [0.25, 0.3) is 0 Å². The Morgan fingerprint density at radius 1 is 0.833 bits per heavy atom. The maximum absolute atomic E-state index is 13.1. The highest BCUT2D eigenvalue weighted by atomic mass is 35.5. The average molecular weight is 585 g/mol. The number of hydrogen-bond acceptors (Lipinski definition) is 6. The largest absolute Gasteiger partial charge is 0.492 e. The van der Waals surface area contributed by atoms with Crippen LogP contribution >= 0.6 is 11.6 Å². The normalized spacial score (nSPS) is 12.1. The van der Waals surface area contributed by atoms with Gasteiger partial charge in [0.15, 0.2) is 5.78 Å². The topological polar surface area (TPSA) is 93.7 Å². The molecule has 0 aliphatic rings. The van der Waals surface area contributed by atoms with E-state index in [1.54, 1.807) is 36.4 Å². The van der Waals surface area contributed by atoms with Crippen LogP contribution in [0.5, 0.6) is 5.75 Å². The Labute approximate surface area is 250 Å². The first kappa shape index (κ1) is 30.3. The SMILES string of the molecule is COC(=O)C(Cc1ccc(OCCNC(=O)C(C)c2ccccc2Cl)cc1)Nc1ccccc1C(=O)c1ccccc1. The first-order chi connectivity index (χ1) is 20.4. The molecule has 8 heteroatoms. The Kier molecular flexibility index (Phi) is 10.7. The summed E-state index contributed by atoms with van der Waals surface area (Å²) in [5.41, 5.74) is 3.23. The number of esters is 1. The molecule has 42 heavy (non-hydrogen) atoms. The summed E-state index contributed by atoms with van der Waals surface area (Å²) in [6.45, 7) is 2.44. The van der Waals surface area contributed by atoms with Crippen LogP contribution < -0.4 is 15.4 Å². The number of amides is 1. The molecule has 0 aliphatic heterocycles. The number of para-hydroxylation sites is 1. The number of hydrogen-bond donors (Lipinski definition) is 2. The average Bonchev–Trinajstić information content (AvgIpc) is 3.03. The summed E-state index contributed by atoms with van der Waals surface area (Å²) in [6.07, 6.45) is 0.330. The van der Waals surface area contributed by atoms with Crippen LogP contribution in [0, 0.1) is 0 Å². The first-order valence-electron chi connectivity index (χ1n) is 13.6. The Morgan fingerprint density at radius 3 is 2.21 bits per heavy atom. The molecule has 1 amide bonds. The van der Waals surface area contributed by atoms with Crippen molar-refractivity contribution in [3.63, 3.8) is 0 Å². The molecule has 0 aliphatic carbocycles. The molecule has 2 unspecified atom stereocenters. The number of halogens is 1. The van der Waals surface area contributed by atoms with Gasteiger partial charge in [0.05, 0.1) is 19.6 Å². The molecular formula is C34H33ClN2O5. The Hall–Kier alpha value is -4.62. The van der Waals surface area contributed by atoms with Crippen molar-refractivity contribution >= 4 is 34.9 Å². The Balaban J connectivity index is 1.33. The maximum Gasteiger partial charge on any atom is 0.328 e. The summed E-state index contributed by atoms with van der Waals surface area (Å²) in [7, 11) is 1.34. The van der Waals surface area contributed by atoms with Crippen LogP contribution in [0.1, 0.15) is 39.9 Å². The first-order valence-corrected chi connectivity index (χ1v) is 14.0. The van der Waals surface area contributed by atoms with Crippen molar-refractivity contribution in [1.82, 2.24) is 5.32 Å². The van der Waals surface area contributed by atoms with Gasteiger partial charge in [0, 0.05) is 28.3 Å². The predicted molar refractivity (Wildman–Crippen MR) is 164 cm³/mol. The Morgan fingerprint density at radius 2 is 1.50 bits per heavy atom. The van der Waals surface area contributed by atoms with E-state index < -0.39 is 12.0 Å². The summed E-state index contributed by atoms with van der Waals surface area (Å²) < 4.78 is 10.8. The highest BCUT2D eigenvalue weighted by molar-refractivity contribution is 6.31. The number of ketones is 1. The lowest BCUT2D eigenvalue weighted by molar-refractivity contribution is -0.141. The third-order valence-electron chi connectivity index (χ3n) is 6.82.